The molecule has 0 aromatic rings. The summed E-state index contributed by atoms with van der Waals surface area (Å²) in [7, 11) is -1.93. The first-order valence-electron chi connectivity index (χ1n) is 10.0. The van der Waals surface area contributed by atoms with Crippen LogP contribution in [-0.4, -0.2) is 34.7 Å². The van der Waals surface area contributed by atoms with Crippen molar-refractivity contribution in [1.82, 2.24) is 0 Å². The molecule has 3 fully saturated rings. The average molecular weight is 446 g/mol. The van der Waals surface area contributed by atoms with Crippen molar-refractivity contribution in [2.75, 3.05) is 0 Å². The van der Waals surface area contributed by atoms with Crippen LogP contribution in [0.3, 0.4) is 0 Å². The molecule has 0 amide bonds. The molecule has 4 rings (SSSR count). The molecule has 3 aliphatic carbocycles. The van der Waals surface area contributed by atoms with E-state index in [0.29, 0.717) is 11.8 Å². The van der Waals surface area contributed by atoms with Gasteiger partial charge in [-0.2, -0.15) is 0 Å². The zero-order chi connectivity index (χ0) is 19.9. The second-order valence-electron chi connectivity index (χ2n) is 11.8. The van der Waals surface area contributed by atoms with Crippen molar-refractivity contribution in [1.29, 1.82) is 0 Å². The Morgan fingerprint density at radius 3 is 2.23 bits per heavy atom. The second kappa shape index (κ2) is 6.09. The number of hydrogen-bond acceptors (Lipinski definition) is 3. The second-order valence-corrected chi connectivity index (χ2v) is 19.1. The van der Waals surface area contributed by atoms with Crippen LogP contribution < -0.4 is 0 Å². The molecule has 150 valence electrons. The first-order chi connectivity index (χ1) is 11.6. The van der Waals surface area contributed by atoms with Crippen molar-refractivity contribution in [2.45, 2.75) is 97.0 Å². The molecule has 0 N–H and O–H groups in total. The number of hydrogen-bond donors (Lipinski definition) is 0. The van der Waals surface area contributed by atoms with Gasteiger partial charge in [0.25, 0.3) is 0 Å². The molecule has 6 atom stereocenters. The van der Waals surface area contributed by atoms with Crippen molar-refractivity contribution in [3.8, 4) is 0 Å². The summed E-state index contributed by atoms with van der Waals surface area (Å²) in [6.45, 7) is 22.8. The predicted molar refractivity (Wildman–Crippen MR) is 110 cm³/mol. The summed E-state index contributed by atoms with van der Waals surface area (Å²) in [5.41, 5.74) is 1.61. The van der Waals surface area contributed by atoms with E-state index in [2.05, 4.69) is 74.6 Å². The Labute approximate surface area is 165 Å². The molecule has 3 saturated carbocycles. The maximum atomic E-state index is 13.3. The third-order valence-corrected chi connectivity index (χ3v) is 14.9. The van der Waals surface area contributed by atoms with Gasteiger partial charge in [0.2, 0.25) is 0 Å². The molecule has 26 heavy (non-hydrogen) atoms. The van der Waals surface area contributed by atoms with Gasteiger partial charge in [-0.3, -0.25) is 0 Å². The molecule has 5 heteroatoms. The molecule has 1 heterocycles. The van der Waals surface area contributed by atoms with E-state index in [1.807, 2.05) is 0 Å². The molecular formula is C21H38O3SeSi. The Kier molecular flexibility index (Phi) is 4.90. The molecule has 0 spiro atoms. The maximum absolute atomic E-state index is 13.3. The fourth-order valence-corrected chi connectivity index (χ4v) is 9.44. The molecule has 1 unspecified atom stereocenters. The molecule has 2 bridgehead atoms. The van der Waals surface area contributed by atoms with Crippen molar-refractivity contribution in [3.05, 3.63) is 11.6 Å². The summed E-state index contributed by atoms with van der Waals surface area (Å²) in [5, 5.41) is 0.156. The van der Waals surface area contributed by atoms with Crippen LogP contribution in [0.5, 0.6) is 0 Å². The van der Waals surface area contributed by atoms with Gasteiger partial charge in [0.1, 0.15) is 0 Å². The first-order valence-corrected chi connectivity index (χ1v) is 15.3. The normalized spacial score (nSPS) is 39.7. The van der Waals surface area contributed by atoms with Crippen LogP contribution in [0.2, 0.25) is 22.9 Å². The predicted octanol–water partition coefficient (Wildman–Crippen LogP) is 5.71. The third kappa shape index (κ3) is 3.16. The summed E-state index contributed by atoms with van der Waals surface area (Å²) in [5.74, 6) is 1.05. The first kappa shape index (κ1) is 20.9. The average Bonchev–Trinajstić information content (AvgIpc) is 2.43. The molecule has 0 aromatic heterocycles. The molecule has 0 radical (unpaired) electrons. The number of rotatable bonds is 2. The Balaban J connectivity index is 2.01. The summed E-state index contributed by atoms with van der Waals surface area (Å²) >= 11 is -2.42. The Hall–Kier alpha value is 0.196. The SMILES string of the molecule is CC(C)(C)[C@@H]1C=C2[C@H]([C@H](O[Si](C)(C)C(C)(C)C)[C@H]3C[C@@H]2C3(C)C)[Se](=O)O1. The van der Waals surface area contributed by atoms with Crippen molar-refractivity contribution >= 4 is 22.5 Å². The van der Waals surface area contributed by atoms with E-state index in [1.54, 1.807) is 0 Å². The molecule has 3 nitrogen and oxygen atoms in total. The fraction of sp³-hybridized carbons (Fsp3) is 0.905. The third-order valence-electron chi connectivity index (χ3n) is 7.61. The van der Waals surface area contributed by atoms with Crippen LogP contribution in [0.15, 0.2) is 11.6 Å². The van der Waals surface area contributed by atoms with E-state index >= 15 is 0 Å². The molecule has 1 aliphatic heterocycles. The Bertz CT molecular complexity index is 639. The quantitative estimate of drug-likeness (QED) is 0.403. The summed E-state index contributed by atoms with van der Waals surface area (Å²) in [6, 6.07) is 0. The van der Waals surface area contributed by atoms with E-state index in [-0.39, 0.29) is 32.9 Å². The van der Waals surface area contributed by atoms with Crippen molar-refractivity contribution < 1.29 is 12.1 Å². The van der Waals surface area contributed by atoms with Crippen LogP contribution in [0.25, 0.3) is 0 Å². The zero-order valence-electron chi connectivity index (χ0n) is 18.3. The summed E-state index contributed by atoms with van der Waals surface area (Å²) < 4.78 is 26.3. The van der Waals surface area contributed by atoms with Gasteiger partial charge in [-0.25, -0.2) is 0 Å². The minimum atomic E-state index is -2.42. The molecule has 4 aliphatic rings. The monoisotopic (exact) mass is 446 g/mol. The van der Waals surface area contributed by atoms with E-state index in [1.165, 1.54) is 12.0 Å². The summed E-state index contributed by atoms with van der Waals surface area (Å²) in [6.07, 6.45) is 3.53. The Morgan fingerprint density at radius 1 is 1.19 bits per heavy atom. The van der Waals surface area contributed by atoms with Gasteiger partial charge in [-0.05, 0) is 0 Å². The van der Waals surface area contributed by atoms with Gasteiger partial charge in [0.15, 0.2) is 0 Å². The van der Waals surface area contributed by atoms with Gasteiger partial charge >= 0.3 is 166 Å². The van der Waals surface area contributed by atoms with Gasteiger partial charge in [0.05, 0.1) is 0 Å². The minimum absolute atomic E-state index is 0.0134. The van der Waals surface area contributed by atoms with Crippen LogP contribution >= 0.6 is 0 Å². The molecule has 0 aromatic carbocycles. The molecular weight excluding hydrogens is 407 g/mol. The fourth-order valence-electron chi connectivity index (χ4n) is 4.53. The topological polar surface area (TPSA) is 35.5 Å². The van der Waals surface area contributed by atoms with Gasteiger partial charge in [-0.1, -0.05) is 0 Å². The van der Waals surface area contributed by atoms with Crippen LogP contribution in [0.4, 0.5) is 0 Å². The van der Waals surface area contributed by atoms with E-state index in [0.717, 1.165) is 0 Å². The van der Waals surface area contributed by atoms with Crippen molar-refractivity contribution in [2.24, 2.45) is 22.7 Å². The van der Waals surface area contributed by atoms with Crippen molar-refractivity contribution in [3.63, 3.8) is 0 Å². The van der Waals surface area contributed by atoms with E-state index in [9.17, 15) is 3.83 Å². The Morgan fingerprint density at radius 2 is 1.77 bits per heavy atom. The van der Waals surface area contributed by atoms with Gasteiger partial charge < -0.3 is 0 Å². The summed E-state index contributed by atoms with van der Waals surface area (Å²) in [4.78, 5) is 0.0134. The standard InChI is InChI=1S/C21H38O3SeSi/c1-19(2,3)16-11-13-14-12-15(21(14,7)8)17(18(13)25(22)23-16)24-26(9,10)20(4,5)6/h11,14-18H,12H2,1-10H3/t14-,15+,16-,17+,18+,25?/m0/s1. The van der Waals surface area contributed by atoms with E-state index in [4.69, 9.17) is 8.25 Å². The molecule has 0 saturated heterocycles. The zero-order valence-corrected chi connectivity index (χ0v) is 21.0. The van der Waals surface area contributed by atoms with Crippen LogP contribution in [0, 0.1) is 22.7 Å². The van der Waals surface area contributed by atoms with Gasteiger partial charge in [0, 0.05) is 0 Å². The van der Waals surface area contributed by atoms with Crippen LogP contribution in [-0.2, 0) is 12.1 Å². The van der Waals surface area contributed by atoms with Gasteiger partial charge in [-0.15, -0.1) is 0 Å². The van der Waals surface area contributed by atoms with Crippen LogP contribution in [0.1, 0.15) is 61.8 Å². The van der Waals surface area contributed by atoms with E-state index < -0.39 is 22.5 Å².